The van der Waals surface area contributed by atoms with E-state index in [1.165, 1.54) is 12.1 Å². The normalized spacial score (nSPS) is 19.3. The summed E-state index contributed by atoms with van der Waals surface area (Å²) in [7, 11) is 5.08. The Bertz CT molecular complexity index is 565. The van der Waals surface area contributed by atoms with E-state index < -0.39 is 11.6 Å². The summed E-state index contributed by atoms with van der Waals surface area (Å²) in [6.45, 7) is 3.52. The minimum Gasteiger partial charge on any atom is -0.543 e. The molecular formula is C20H28BF2NO2. The minimum atomic E-state index is -0.543. The number of benzene rings is 1. The van der Waals surface area contributed by atoms with Gasteiger partial charge < -0.3 is 4.65 Å². The molecule has 2 atom stereocenters. The van der Waals surface area contributed by atoms with Crippen molar-refractivity contribution in [1.82, 2.24) is 4.90 Å². The van der Waals surface area contributed by atoms with Crippen molar-refractivity contribution in [1.29, 1.82) is 0 Å². The van der Waals surface area contributed by atoms with Crippen LogP contribution >= 0.6 is 0 Å². The highest BCUT2D eigenvalue weighted by Gasteiger charge is 2.26. The molecule has 1 aliphatic rings. The summed E-state index contributed by atoms with van der Waals surface area (Å²) in [6.07, 6.45) is 7.63. The molecule has 3 nitrogen and oxygen atoms in total. The predicted molar refractivity (Wildman–Crippen MR) is 98.5 cm³/mol. The van der Waals surface area contributed by atoms with Crippen molar-refractivity contribution in [3.8, 4) is 0 Å². The number of piperidine rings is 1. The molecule has 0 aromatic heterocycles. The van der Waals surface area contributed by atoms with Crippen LogP contribution in [0.4, 0.5) is 8.78 Å². The van der Waals surface area contributed by atoms with Crippen LogP contribution in [0.15, 0.2) is 18.2 Å². The fourth-order valence-electron chi connectivity index (χ4n) is 3.85. The van der Waals surface area contributed by atoms with Gasteiger partial charge in [-0.1, -0.05) is 26.2 Å². The second kappa shape index (κ2) is 10.7. The topological polar surface area (TPSA) is 29.5 Å². The minimum absolute atomic E-state index is 0.171. The number of hydrogen-bond donors (Lipinski definition) is 0. The summed E-state index contributed by atoms with van der Waals surface area (Å²) in [5.41, 5.74) is 0.651. The third-order valence-corrected chi connectivity index (χ3v) is 5.26. The number of nitrogens with zero attached hydrogens (tertiary/aromatic N) is 1. The fourth-order valence-corrected chi connectivity index (χ4v) is 3.85. The zero-order valence-corrected chi connectivity index (χ0v) is 15.6. The first-order chi connectivity index (χ1) is 12.5. The number of hydrogen-bond acceptors (Lipinski definition) is 3. The predicted octanol–water partition coefficient (Wildman–Crippen LogP) is 4.53. The van der Waals surface area contributed by atoms with Gasteiger partial charge in [-0.15, -0.1) is 0 Å². The second-order valence-corrected chi connectivity index (χ2v) is 7.25. The van der Waals surface area contributed by atoms with E-state index in [0.717, 1.165) is 64.0 Å². The third kappa shape index (κ3) is 6.38. The molecule has 2 radical (unpaired) electrons. The Hall–Kier alpha value is -1.43. The van der Waals surface area contributed by atoms with E-state index in [0.29, 0.717) is 18.2 Å². The van der Waals surface area contributed by atoms with Gasteiger partial charge in [0.15, 0.2) is 0 Å². The van der Waals surface area contributed by atoms with E-state index in [1.54, 1.807) is 0 Å². The van der Waals surface area contributed by atoms with Crippen LogP contribution in [0.5, 0.6) is 0 Å². The Kier molecular flexibility index (Phi) is 8.56. The molecule has 0 amide bonds. The number of carbonyl (C=O) groups excluding carboxylic acids is 1. The largest absolute Gasteiger partial charge is 0.543 e. The second-order valence-electron chi connectivity index (χ2n) is 7.25. The van der Waals surface area contributed by atoms with Crippen molar-refractivity contribution in [3.05, 3.63) is 35.4 Å². The van der Waals surface area contributed by atoms with Crippen LogP contribution in [0, 0.1) is 17.6 Å². The number of likely N-dealkylation sites (tertiary alicyclic amines) is 1. The van der Waals surface area contributed by atoms with Crippen molar-refractivity contribution in [2.45, 2.75) is 70.9 Å². The van der Waals surface area contributed by atoms with Crippen LogP contribution in [0.2, 0.25) is 0 Å². The number of rotatable bonds is 9. The van der Waals surface area contributed by atoms with Crippen LogP contribution in [-0.4, -0.2) is 31.5 Å². The van der Waals surface area contributed by atoms with Crippen molar-refractivity contribution in [3.63, 3.8) is 0 Å². The molecule has 2 rings (SSSR count). The van der Waals surface area contributed by atoms with Gasteiger partial charge in [-0.05, 0) is 56.3 Å². The maximum Gasteiger partial charge on any atom is 0.378 e. The summed E-state index contributed by atoms with van der Waals surface area (Å²) >= 11 is 0. The Morgan fingerprint density at radius 3 is 2.65 bits per heavy atom. The fraction of sp³-hybridized carbons (Fsp3) is 0.650. The molecule has 1 saturated heterocycles. The molecular weight excluding hydrogens is 335 g/mol. The molecule has 1 aliphatic heterocycles. The van der Waals surface area contributed by atoms with Crippen molar-refractivity contribution in [2.75, 3.05) is 6.54 Å². The quantitative estimate of drug-likeness (QED) is 0.604. The van der Waals surface area contributed by atoms with Crippen molar-refractivity contribution < 1.29 is 18.2 Å². The first kappa shape index (κ1) is 20.9. The van der Waals surface area contributed by atoms with E-state index >= 15 is 0 Å². The average molecular weight is 363 g/mol. The van der Waals surface area contributed by atoms with Crippen molar-refractivity contribution >= 4 is 14.0 Å². The molecule has 1 aromatic carbocycles. The zero-order chi connectivity index (χ0) is 18.9. The molecule has 0 spiro atoms. The first-order valence-electron chi connectivity index (χ1n) is 9.63. The number of unbranched alkanes of at least 4 members (excludes halogenated alkanes) is 1. The Balaban J connectivity index is 1.97. The molecule has 1 aromatic rings. The van der Waals surface area contributed by atoms with Gasteiger partial charge in [0.05, 0.1) is 5.92 Å². The lowest BCUT2D eigenvalue weighted by Crippen LogP contribution is -2.39. The SMILES string of the molecule is [B]OC(=O)C(CCCC)CCC1CCCCN1Cc1cc(F)cc(F)c1. The summed E-state index contributed by atoms with van der Waals surface area (Å²) in [4.78, 5) is 14.2. The van der Waals surface area contributed by atoms with Gasteiger partial charge in [-0.2, -0.15) is 0 Å². The molecule has 6 heteroatoms. The van der Waals surface area contributed by atoms with E-state index in [2.05, 4.69) is 16.5 Å². The van der Waals surface area contributed by atoms with Crippen LogP contribution in [0.3, 0.4) is 0 Å². The molecule has 0 bridgehead atoms. The summed E-state index contributed by atoms with van der Waals surface area (Å²) in [5.74, 6) is -1.60. The molecule has 1 fully saturated rings. The monoisotopic (exact) mass is 363 g/mol. The van der Waals surface area contributed by atoms with E-state index in [4.69, 9.17) is 8.05 Å². The van der Waals surface area contributed by atoms with Crippen LogP contribution < -0.4 is 0 Å². The highest BCUT2D eigenvalue weighted by molar-refractivity contribution is 6.05. The number of carbonyl (C=O) groups is 1. The smallest absolute Gasteiger partial charge is 0.378 e. The molecule has 1 heterocycles. The maximum absolute atomic E-state index is 13.5. The number of halogens is 2. The van der Waals surface area contributed by atoms with Crippen LogP contribution in [0.1, 0.15) is 63.9 Å². The molecule has 0 saturated carbocycles. The van der Waals surface area contributed by atoms with Crippen LogP contribution in [-0.2, 0) is 16.0 Å². The van der Waals surface area contributed by atoms with Gasteiger partial charge in [0.25, 0.3) is 5.97 Å². The van der Waals surface area contributed by atoms with Crippen molar-refractivity contribution in [2.24, 2.45) is 5.92 Å². The van der Waals surface area contributed by atoms with Gasteiger partial charge >= 0.3 is 8.05 Å². The lowest BCUT2D eigenvalue weighted by atomic mass is 9.90. The summed E-state index contributed by atoms with van der Waals surface area (Å²) in [6, 6.07) is 3.99. The Labute approximate surface area is 156 Å². The van der Waals surface area contributed by atoms with Gasteiger partial charge in [0.2, 0.25) is 0 Å². The van der Waals surface area contributed by atoms with E-state index in [9.17, 15) is 13.6 Å². The first-order valence-corrected chi connectivity index (χ1v) is 9.63. The lowest BCUT2D eigenvalue weighted by molar-refractivity contribution is -0.139. The zero-order valence-electron chi connectivity index (χ0n) is 15.6. The third-order valence-electron chi connectivity index (χ3n) is 5.26. The maximum atomic E-state index is 13.5. The van der Waals surface area contributed by atoms with Gasteiger partial charge in [-0.3, -0.25) is 9.69 Å². The average Bonchev–Trinajstić information content (AvgIpc) is 2.61. The molecule has 0 aliphatic carbocycles. The van der Waals surface area contributed by atoms with Gasteiger partial charge in [0, 0.05) is 18.7 Å². The highest BCUT2D eigenvalue weighted by Crippen LogP contribution is 2.26. The summed E-state index contributed by atoms with van der Waals surface area (Å²) in [5, 5.41) is 0. The van der Waals surface area contributed by atoms with Gasteiger partial charge in [-0.25, -0.2) is 8.78 Å². The highest BCUT2D eigenvalue weighted by atomic mass is 19.1. The summed E-state index contributed by atoms with van der Waals surface area (Å²) < 4.78 is 31.4. The Morgan fingerprint density at radius 1 is 1.27 bits per heavy atom. The molecule has 0 N–H and O–H groups in total. The molecule has 142 valence electrons. The van der Waals surface area contributed by atoms with Crippen LogP contribution in [0.25, 0.3) is 0 Å². The van der Waals surface area contributed by atoms with E-state index in [-0.39, 0.29) is 11.9 Å². The van der Waals surface area contributed by atoms with Gasteiger partial charge in [0.1, 0.15) is 11.6 Å². The van der Waals surface area contributed by atoms with E-state index in [1.807, 2.05) is 0 Å². The standard InChI is InChI=1S/C20H28BF2NO2/c1-2-3-6-16(20(25)26-21)8-9-19-7-4-5-10-24(19)14-15-11-17(22)13-18(23)12-15/h11-13,16,19H,2-10,14H2,1H3. The molecule has 2 unspecified atom stereocenters. The Morgan fingerprint density at radius 2 is 2.00 bits per heavy atom. The molecule has 26 heavy (non-hydrogen) atoms. The lowest BCUT2D eigenvalue weighted by Gasteiger charge is -2.36.